The molecule has 0 saturated heterocycles. The van der Waals surface area contributed by atoms with Gasteiger partial charge in [0.1, 0.15) is 0 Å². The molecule has 0 aromatic heterocycles. The van der Waals surface area contributed by atoms with E-state index in [4.69, 9.17) is 0 Å². The molecule has 0 saturated carbocycles. The fourth-order valence-electron chi connectivity index (χ4n) is 2.36. The lowest BCUT2D eigenvalue weighted by Crippen LogP contribution is -2.42. The summed E-state index contributed by atoms with van der Waals surface area (Å²) >= 11 is 0. The van der Waals surface area contributed by atoms with Crippen molar-refractivity contribution in [1.82, 2.24) is 10.2 Å². The summed E-state index contributed by atoms with van der Waals surface area (Å²) in [5, 5.41) is 5.82. The summed E-state index contributed by atoms with van der Waals surface area (Å²) in [7, 11) is 1.77. The summed E-state index contributed by atoms with van der Waals surface area (Å²) in [6, 6.07) is 7.80. The smallest absolute Gasteiger partial charge is 0.238 e. The highest BCUT2D eigenvalue weighted by molar-refractivity contribution is 5.92. The summed E-state index contributed by atoms with van der Waals surface area (Å²) in [5.74, 6) is 0.469. The quantitative estimate of drug-likeness (QED) is 0.730. The first-order valence-electron chi connectivity index (χ1n) is 8.60. The molecule has 0 unspecified atom stereocenters. The summed E-state index contributed by atoms with van der Waals surface area (Å²) in [6.45, 7) is 8.77. The molecule has 24 heavy (non-hydrogen) atoms. The number of rotatable bonds is 9. The highest BCUT2D eigenvalue weighted by Gasteiger charge is 2.13. The minimum Gasteiger partial charge on any atom is -0.353 e. The van der Waals surface area contributed by atoms with Gasteiger partial charge in [0.15, 0.2) is 0 Å². The summed E-state index contributed by atoms with van der Waals surface area (Å²) in [6.07, 6.45) is 2.07. The number of carbonyl (C=O) groups excluding carboxylic acids is 2. The molecular formula is C19H31N3O2. The molecule has 1 aromatic rings. The number of nitrogens with one attached hydrogen (secondary N) is 2. The Kier molecular flexibility index (Phi) is 8.47. The van der Waals surface area contributed by atoms with E-state index in [0.717, 1.165) is 24.1 Å². The van der Waals surface area contributed by atoms with Gasteiger partial charge in [-0.3, -0.25) is 14.5 Å². The molecule has 1 atom stereocenters. The van der Waals surface area contributed by atoms with Gasteiger partial charge in [0.05, 0.1) is 13.1 Å². The Morgan fingerprint density at radius 3 is 2.17 bits per heavy atom. The molecule has 0 aliphatic carbocycles. The predicted molar refractivity (Wildman–Crippen MR) is 99.0 cm³/mol. The molecule has 1 aromatic carbocycles. The van der Waals surface area contributed by atoms with E-state index in [0.29, 0.717) is 5.92 Å². The van der Waals surface area contributed by atoms with Crippen molar-refractivity contribution in [3.8, 4) is 0 Å². The minimum absolute atomic E-state index is 0.0445. The zero-order valence-electron chi connectivity index (χ0n) is 15.6. The monoisotopic (exact) mass is 333 g/mol. The van der Waals surface area contributed by atoms with E-state index in [2.05, 4.69) is 24.5 Å². The van der Waals surface area contributed by atoms with Gasteiger partial charge in [0.25, 0.3) is 0 Å². The predicted octanol–water partition coefficient (Wildman–Crippen LogP) is 2.81. The molecule has 0 fully saturated rings. The van der Waals surface area contributed by atoms with Crippen molar-refractivity contribution < 1.29 is 9.59 Å². The summed E-state index contributed by atoms with van der Waals surface area (Å²) < 4.78 is 0. The van der Waals surface area contributed by atoms with Crippen LogP contribution in [0.2, 0.25) is 0 Å². The van der Waals surface area contributed by atoms with Gasteiger partial charge in [-0.05, 0) is 51.8 Å². The van der Waals surface area contributed by atoms with E-state index in [1.165, 1.54) is 0 Å². The van der Waals surface area contributed by atoms with Crippen LogP contribution in [0.4, 0.5) is 5.69 Å². The highest BCUT2D eigenvalue weighted by Crippen LogP contribution is 2.08. The van der Waals surface area contributed by atoms with Crippen LogP contribution in [0.3, 0.4) is 0 Å². The van der Waals surface area contributed by atoms with Gasteiger partial charge in [0, 0.05) is 11.7 Å². The number of amides is 2. The number of carbonyl (C=O) groups is 2. The van der Waals surface area contributed by atoms with E-state index in [9.17, 15) is 9.59 Å². The van der Waals surface area contributed by atoms with Crippen LogP contribution in [0.15, 0.2) is 24.3 Å². The maximum absolute atomic E-state index is 12.0. The number of aryl methyl sites for hydroxylation is 1. The zero-order valence-corrected chi connectivity index (χ0v) is 15.6. The molecule has 0 spiro atoms. The fraction of sp³-hybridized carbons (Fsp3) is 0.579. The Balaban J connectivity index is 2.31. The Hall–Kier alpha value is -1.88. The number of likely N-dealkylation sites (N-methyl/N-ethyl adjacent to an activating group) is 1. The number of anilines is 1. The SMILES string of the molecule is Cc1ccc(NC(=O)CN(C)CC(=O)N[C@@H](C)CCC(C)C)cc1. The van der Waals surface area contributed by atoms with Crippen LogP contribution in [0, 0.1) is 12.8 Å². The summed E-state index contributed by atoms with van der Waals surface area (Å²) in [4.78, 5) is 25.7. The van der Waals surface area contributed by atoms with E-state index >= 15 is 0 Å². The molecule has 0 bridgehead atoms. The van der Waals surface area contributed by atoms with Crippen molar-refractivity contribution in [3.63, 3.8) is 0 Å². The minimum atomic E-state index is -0.123. The second-order valence-electron chi connectivity index (χ2n) is 7.03. The molecule has 0 heterocycles. The van der Waals surface area contributed by atoms with Gasteiger partial charge in [-0.25, -0.2) is 0 Å². The standard InChI is InChI=1S/C19H31N3O2/c1-14(2)6-9-16(4)20-18(23)12-22(5)13-19(24)21-17-10-7-15(3)8-11-17/h7-8,10-11,14,16H,6,9,12-13H2,1-5H3,(H,20,23)(H,21,24)/t16-/m0/s1. The van der Waals surface area contributed by atoms with Crippen LogP contribution in [-0.4, -0.2) is 42.9 Å². The van der Waals surface area contributed by atoms with E-state index in [-0.39, 0.29) is 30.9 Å². The molecule has 2 amide bonds. The molecule has 134 valence electrons. The number of hydrogen-bond acceptors (Lipinski definition) is 3. The Bertz CT molecular complexity index is 526. The highest BCUT2D eigenvalue weighted by atomic mass is 16.2. The van der Waals surface area contributed by atoms with Crippen LogP contribution in [0.5, 0.6) is 0 Å². The number of benzene rings is 1. The van der Waals surface area contributed by atoms with Gasteiger partial charge < -0.3 is 10.6 Å². The lowest BCUT2D eigenvalue weighted by Gasteiger charge is -2.19. The van der Waals surface area contributed by atoms with Crippen molar-refractivity contribution in [1.29, 1.82) is 0 Å². The first kappa shape index (κ1) is 20.2. The van der Waals surface area contributed by atoms with Crippen molar-refractivity contribution in [3.05, 3.63) is 29.8 Å². The third-order valence-electron chi connectivity index (χ3n) is 3.75. The topological polar surface area (TPSA) is 61.4 Å². The molecular weight excluding hydrogens is 302 g/mol. The van der Waals surface area contributed by atoms with Crippen LogP contribution < -0.4 is 10.6 Å². The van der Waals surface area contributed by atoms with E-state index in [1.807, 2.05) is 38.1 Å². The second-order valence-corrected chi connectivity index (χ2v) is 7.03. The zero-order chi connectivity index (χ0) is 18.1. The largest absolute Gasteiger partial charge is 0.353 e. The fourth-order valence-corrected chi connectivity index (χ4v) is 2.36. The molecule has 0 aliphatic rings. The number of nitrogens with zero attached hydrogens (tertiary/aromatic N) is 1. The average molecular weight is 333 g/mol. The lowest BCUT2D eigenvalue weighted by atomic mass is 10.0. The van der Waals surface area contributed by atoms with Gasteiger partial charge in [-0.2, -0.15) is 0 Å². The molecule has 1 rings (SSSR count). The average Bonchev–Trinajstić information content (AvgIpc) is 2.47. The van der Waals surface area contributed by atoms with Crippen molar-refractivity contribution >= 4 is 17.5 Å². The normalized spacial score (nSPS) is 12.3. The summed E-state index contributed by atoms with van der Waals surface area (Å²) in [5.41, 5.74) is 1.92. The Labute approximate surface area is 145 Å². The van der Waals surface area contributed by atoms with Crippen LogP contribution in [0.1, 0.15) is 39.2 Å². The molecule has 5 nitrogen and oxygen atoms in total. The third-order valence-corrected chi connectivity index (χ3v) is 3.75. The maximum atomic E-state index is 12.0. The van der Waals surface area contributed by atoms with Crippen molar-refractivity contribution in [2.45, 2.75) is 46.6 Å². The van der Waals surface area contributed by atoms with E-state index in [1.54, 1.807) is 11.9 Å². The molecule has 0 radical (unpaired) electrons. The first-order valence-corrected chi connectivity index (χ1v) is 8.60. The second kappa shape index (κ2) is 10.1. The van der Waals surface area contributed by atoms with E-state index < -0.39 is 0 Å². The molecule has 2 N–H and O–H groups in total. The Morgan fingerprint density at radius 2 is 1.58 bits per heavy atom. The van der Waals surface area contributed by atoms with Crippen molar-refractivity contribution in [2.75, 3.05) is 25.5 Å². The lowest BCUT2D eigenvalue weighted by molar-refractivity contribution is -0.123. The Morgan fingerprint density at radius 1 is 1.00 bits per heavy atom. The first-order chi connectivity index (χ1) is 11.3. The van der Waals surface area contributed by atoms with Gasteiger partial charge >= 0.3 is 0 Å². The van der Waals surface area contributed by atoms with Crippen molar-refractivity contribution in [2.24, 2.45) is 5.92 Å². The molecule has 0 aliphatic heterocycles. The van der Waals surface area contributed by atoms with Crippen LogP contribution in [-0.2, 0) is 9.59 Å². The van der Waals surface area contributed by atoms with Gasteiger partial charge in [0.2, 0.25) is 11.8 Å². The number of hydrogen-bond donors (Lipinski definition) is 2. The molecule has 5 heteroatoms. The van der Waals surface area contributed by atoms with Crippen LogP contribution in [0.25, 0.3) is 0 Å². The maximum Gasteiger partial charge on any atom is 0.238 e. The van der Waals surface area contributed by atoms with Crippen LogP contribution >= 0.6 is 0 Å². The van der Waals surface area contributed by atoms with Gasteiger partial charge in [-0.1, -0.05) is 31.5 Å². The van der Waals surface area contributed by atoms with Gasteiger partial charge in [-0.15, -0.1) is 0 Å². The third kappa shape index (κ3) is 8.67.